The molecule has 4 rings (SSSR count). The van der Waals surface area contributed by atoms with Gasteiger partial charge in [0.05, 0.1) is 0 Å². The third-order valence-electron chi connectivity index (χ3n) is 4.02. The molecule has 0 aliphatic rings. The number of hydrogen-bond acceptors (Lipinski definition) is 4. The van der Waals surface area contributed by atoms with Crippen molar-refractivity contribution >= 4 is 53.8 Å². The molecule has 0 aromatic heterocycles. The molecular weight excluding hydrogens is 352 g/mol. The van der Waals surface area contributed by atoms with E-state index in [4.69, 9.17) is 8.74 Å². The molecule has 0 radical (unpaired) electrons. The van der Waals surface area contributed by atoms with Gasteiger partial charge in [-0.2, -0.15) is 12.6 Å². The van der Waals surface area contributed by atoms with Crippen LogP contribution in [0.2, 0.25) is 0 Å². The fourth-order valence-electron chi connectivity index (χ4n) is 3.12. The zero-order valence-electron chi connectivity index (χ0n) is 12.0. The second-order valence-corrected chi connectivity index (χ2v) is 7.32. The highest BCUT2D eigenvalue weighted by Crippen LogP contribution is 2.40. The van der Waals surface area contributed by atoms with E-state index in [9.17, 15) is 17.2 Å². The van der Waals surface area contributed by atoms with E-state index in [0.29, 0.717) is 21.5 Å². The molecule has 8 heteroatoms. The molecule has 2 N–H and O–H groups in total. The fourth-order valence-corrected chi connectivity index (χ4v) is 4.11. The second kappa shape index (κ2) is 5.12. The summed E-state index contributed by atoms with van der Waals surface area (Å²) in [6, 6.07) is 13.2. The Bertz CT molecular complexity index is 1230. The smallest absolute Gasteiger partial charge is 0.357 e. The molecule has 0 aliphatic carbocycles. The lowest BCUT2D eigenvalue weighted by atomic mass is 9.94. The van der Waals surface area contributed by atoms with Crippen molar-refractivity contribution in [2.45, 2.75) is 4.90 Å². The van der Waals surface area contributed by atoms with Crippen molar-refractivity contribution in [1.29, 1.82) is 0 Å². The van der Waals surface area contributed by atoms with E-state index in [0.717, 1.165) is 10.8 Å². The Labute approximate surface area is 139 Å². The summed E-state index contributed by atoms with van der Waals surface area (Å²) >= 11 is -2.47. The first-order chi connectivity index (χ1) is 11.4. The largest absolute Gasteiger partial charge is 0.379 e. The van der Waals surface area contributed by atoms with Gasteiger partial charge < -0.3 is 4.18 Å². The molecule has 0 heterocycles. The Morgan fingerprint density at radius 3 is 2.00 bits per heavy atom. The van der Waals surface area contributed by atoms with Crippen molar-refractivity contribution in [2.24, 2.45) is 0 Å². The molecule has 0 bridgehead atoms. The van der Waals surface area contributed by atoms with E-state index in [1.807, 2.05) is 12.1 Å². The molecule has 1 unspecified atom stereocenters. The quantitative estimate of drug-likeness (QED) is 0.329. The Balaban J connectivity index is 2.24. The highest BCUT2D eigenvalue weighted by Gasteiger charge is 2.19. The molecule has 0 fully saturated rings. The van der Waals surface area contributed by atoms with Gasteiger partial charge in [0.1, 0.15) is 4.90 Å². The molecule has 4 aromatic rings. The van der Waals surface area contributed by atoms with Crippen LogP contribution in [-0.2, 0) is 21.5 Å². The van der Waals surface area contributed by atoms with Crippen LogP contribution in [-0.4, -0.2) is 21.7 Å². The third kappa shape index (κ3) is 2.23. The molecule has 0 amide bonds. The lowest BCUT2D eigenvalue weighted by Gasteiger charge is -2.14. The maximum absolute atomic E-state index is 11.6. The summed E-state index contributed by atoms with van der Waals surface area (Å²) in [5.41, 5.74) is 0. The van der Waals surface area contributed by atoms with Gasteiger partial charge in [-0.3, -0.25) is 9.11 Å². The maximum Gasteiger partial charge on any atom is 0.357 e. The highest BCUT2D eigenvalue weighted by atomic mass is 32.2. The van der Waals surface area contributed by atoms with Crippen molar-refractivity contribution in [3.8, 4) is 5.75 Å². The minimum Gasteiger partial charge on any atom is -0.379 e. The van der Waals surface area contributed by atoms with Crippen LogP contribution in [0.3, 0.4) is 0 Å². The lowest BCUT2D eigenvalue weighted by Crippen LogP contribution is -2.01. The standard InChI is InChI=1S/C16H10O6S2/c17-23(18)22-13-7-3-9-1-2-10-4-8-14(24(19,20)21)12-6-5-11(13)15(9)16(10)12/h1-8H,(H,17,18)(H,19,20,21). The van der Waals surface area contributed by atoms with Crippen molar-refractivity contribution in [3.05, 3.63) is 48.5 Å². The van der Waals surface area contributed by atoms with Gasteiger partial charge in [0, 0.05) is 16.2 Å². The van der Waals surface area contributed by atoms with Crippen molar-refractivity contribution < 1.29 is 25.9 Å². The lowest BCUT2D eigenvalue weighted by molar-refractivity contribution is 0.460. The van der Waals surface area contributed by atoms with Crippen molar-refractivity contribution in [2.75, 3.05) is 0 Å². The number of hydrogen-bond donors (Lipinski definition) is 2. The van der Waals surface area contributed by atoms with Crippen LogP contribution in [0.25, 0.3) is 32.3 Å². The fraction of sp³-hybridized carbons (Fsp3) is 0. The topological polar surface area (TPSA) is 101 Å². The van der Waals surface area contributed by atoms with Crippen LogP contribution in [0, 0.1) is 0 Å². The molecule has 0 aliphatic heterocycles. The van der Waals surface area contributed by atoms with E-state index >= 15 is 0 Å². The Kier molecular flexibility index (Phi) is 3.26. The normalized spacial score (nSPS) is 13.8. The van der Waals surface area contributed by atoms with E-state index < -0.39 is 21.5 Å². The summed E-state index contributed by atoms with van der Waals surface area (Å²) in [7, 11) is -4.38. The van der Waals surface area contributed by atoms with Crippen LogP contribution in [0.4, 0.5) is 0 Å². The average Bonchev–Trinajstić information content (AvgIpc) is 2.52. The summed E-state index contributed by atoms with van der Waals surface area (Å²) < 4.78 is 57.7. The second-order valence-electron chi connectivity index (χ2n) is 5.33. The Morgan fingerprint density at radius 2 is 1.38 bits per heavy atom. The van der Waals surface area contributed by atoms with Gasteiger partial charge in [0.15, 0.2) is 5.75 Å². The minimum atomic E-state index is -4.38. The Morgan fingerprint density at radius 1 is 0.833 bits per heavy atom. The monoisotopic (exact) mass is 362 g/mol. The molecule has 1 atom stereocenters. The molecule has 4 aromatic carbocycles. The summed E-state index contributed by atoms with van der Waals surface area (Å²) in [6.07, 6.45) is 0. The van der Waals surface area contributed by atoms with Gasteiger partial charge in [-0.05, 0) is 34.4 Å². The zero-order valence-corrected chi connectivity index (χ0v) is 13.6. The first-order valence-corrected chi connectivity index (χ1v) is 9.30. The van der Waals surface area contributed by atoms with Crippen LogP contribution in [0.15, 0.2) is 53.4 Å². The molecule has 0 spiro atoms. The van der Waals surface area contributed by atoms with E-state index in [1.54, 1.807) is 30.3 Å². The predicted molar refractivity (Wildman–Crippen MR) is 91.4 cm³/mol. The molecule has 24 heavy (non-hydrogen) atoms. The van der Waals surface area contributed by atoms with Gasteiger partial charge in [-0.15, -0.1) is 0 Å². The van der Waals surface area contributed by atoms with Crippen LogP contribution < -0.4 is 4.18 Å². The zero-order chi connectivity index (χ0) is 17.1. The average molecular weight is 362 g/mol. The predicted octanol–water partition coefficient (Wildman–Crippen LogP) is 3.35. The van der Waals surface area contributed by atoms with Crippen LogP contribution in [0.5, 0.6) is 5.75 Å². The van der Waals surface area contributed by atoms with Crippen molar-refractivity contribution in [3.63, 3.8) is 0 Å². The van der Waals surface area contributed by atoms with E-state index in [2.05, 4.69) is 0 Å². The van der Waals surface area contributed by atoms with Gasteiger partial charge >= 0.3 is 11.4 Å². The third-order valence-corrected chi connectivity index (χ3v) is 5.26. The summed E-state index contributed by atoms with van der Waals surface area (Å²) in [4.78, 5) is -0.179. The van der Waals surface area contributed by atoms with Gasteiger partial charge in [-0.25, -0.2) is 0 Å². The highest BCUT2D eigenvalue weighted by molar-refractivity contribution is 7.86. The number of benzene rings is 4. The van der Waals surface area contributed by atoms with Crippen molar-refractivity contribution in [1.82, 2.24) is 0 Å². The Hall–Kier alpha value is -2.26. The van der Waals surface area contributed by atoms with E-state index in [-0.39, 0.29) is 10.6 Å². The van der Waals surface area contributed by atoms with Gasteiger partial charge in [0.25, 0.3) is 10.1 Å². The molecule has 122 valence electrons. The maximum atomic E-state index is 11.6. The first kappa shape index (κ1) is 15.3. The van der Waals surface area contributed by atoms with Crippen LogP contribution in [0.1, 0.15) is 0 Å². The van der Waals surface area contributed by atoms with Gasteiger partial charge in [0.2, 0.25) is 0 Å². The SMILES string of the molecule is O=S(O)Oc1ccc2ccc3ccc(S(=O)(=O)O)c4ccc1c2c34. The summed E-state index contributed by atoms with van der Waals surface area (Å²) in [5.74, 6) is 0.218. The molecule has 6 nitrogen and oxygen atoms in total. The summed E-state index contributed by atoms with van der Waals surface area (Å²) in [5, 5.41) is 3.94. The first-order valence-electron chi connectivity index (χ1n) is 6.83. The summed E-state index contributed by atoms with van der Waals surface area (Å²) in [6.45, 7) is 0. The van der Waals surface area contributed by atoms with Crippen LogP contribution >= 0.6 is 0 Å². The molecule has 0 saturated heterocycles. The molecule has 0 saturated carbocycles. The number of rotatable bonds is 3. The minimum absolute atomic E-state index is 0.179. The van der Waals surface area contributed by atoms with E-state index in [1.165, 1.54) is 6.07 Å². The molecular formula is C16H10O6S2. The van der Waals surface area contributed by atoms with Gasteiger partial charge in [-0.1, -0.05) is 30.3 Å².